The zero-order chi connectivity index (χ0) is 11.6. The summed E-state index contributed by atoms with van der Waals surface area (Å²) in [6.07, 6.45) is 2.31. The van der Waals surface area contributed by atoms with Crippen LogP contribution in [0, 0.1) is 0 Å². The Morgan fingerprint density at radius 2 is 1.94 bits per heavy atom. The number of rotatable bonds is 3. The molecule has 6 nitrogen and oxygen atoms in total. The molecule has 7 heteroatoms. The number of methoxy groups -OCH3 is 1. The molecule has 0 fully saturated rings. The van der Waals surface area contributed by atoms with Gasteiger partial charge >= 0.3 is 0 Å². The van der Waals surface area contributed by atoms with Gasteiger partial charge in [0.15, 0.2) is 0 Å². The van der Waals surface area contributed by atoms with Crippen LogP contribution in [0.1, 0.15) is 0 Å². The Labute approximate surface area is 92.6 Å². The fourth-order valence-electron chi connectivity index (χ4n) is 1.18. The van der Waals surface area contributed by atoms with Gasteiger partial charge in [-0.3, -0.25) is 0 Å². The van der Waals surface area contributed by atoms with Gasteiger partial charge in [-0.05, 0) is 24.3 Å². The van der Waals surface area contributed by atoms with Gasteiger partial charge in [-0.25, -0.2) is 4.98 Å². The van der Waals surface area contributed by atoms with Gasteiger partial charge in [0.2, 0.25) is 0 Å². The summed E-state index contributed by atoms with van der Waals surface area (Å²) >= 11 is 0. The van der Waals surface area contributed by atoms with Crippen LogP contribution in [0.15, 0.2) is 41.8 Å². The molecule has 0 spiro atoms. The van der Waals surface area contributed by atoms with E-state index in [2.05, 4.69) is 10.1 Å². The van der Waals surface area contributed by atoms with Crippen molar-refractivity contribution in [1.82, 2.24) is 14.2 Å². The molecule has 0 aliphatic carbocycles. The molecule has 2 aromatic rings. The fourth-order valence-corrected chi connectivity index (χ4v) is 2.22. The Kier molecular flexibility index (Phi) is 2.61. The topological polar surface area (TPSA) is 74.1 Å². The van der Waals surface area contributed by atoms with Crippen LogP contribution in [0.3, 0.4) is 0 Å². The maximum atomic E-state index is 11.9. The summed E-state index contributed by atoms with van der Waals surface area (Å²) in [6.45, 7) is 0. The van der Waals surface area contributed by atoms with Gasteiger partial charge in [-0.1, -0.05) is 0 Å². The zero-order valence-electron chi connectivity index (χ0n) is 8.44. The van der Waals surface area contributed by atoms with Gasteiger partial charge in [0.05, 0.1) is 12.0 Å². The van der Waals surface area contributed by atoms with Gasteiger partial charge < -0.3 is 4.74 Å². The monoisotopic (exact) mass is 239 g/mol. The highest BCUT2D eigenvalue weighted by Crippen LogP contribution is 2.16. The highest BCUT2D eigenvalue weighted by molar-refractivity contribution is 7.89. The number of aromatic nitrogens is 3. The van der Waals surface area contributed by atoms with Crippen molar-refractivity contribution in [1.29, 1.82) is 0 Å². The van der Waals surface area contributed by atoms with Crippen LogP contribution in [-0.4, -0.2) is 29.7 Å². The number of nitrogens with zero attached hydrogens (tertiary/aromatic N) is 3. The van der Waals surface area contributed by atoms with Crippen molar-refractivity contribution in [3.63, 3.8) is 0 Å². The van der Waals surface area contributed by atoms with E-state index in [1.165, 1.54) is 25.6 Å². The molecule has 0 bridgehead atoms. The Bertz CT molecular complexity index is 561. The Morgan fingerprint density at radius 3 is 2.44 bits per heavy atom. The lowest BCUT2D eigenvalue weighted by Gasteiger charge is -2.04. The largest absolute Gasteiger partial charge is 0.497 e. The molecule has 0 atom stereocenters. The Morgan fingerprint density at radius 1 is 1.25 bits per heavy atom. The van der Waals surface area contributed by atoms with Crippen molar-refractivity contribution < 1.29 is 13.2 Å². The van der Waals surface area contributed by atoms with Crippen molar-refractivity contribution in [2.75, 3.05) is 7.11 Å². The molecule has 84 valence electrons. The number of hydrogen-bond donors (Lipinski definition) is 0. The van der Waals surface area contributed by atoms with E-state index in [0.29, 0.717) is 5.75 Å². The molecule has 0 radical (unpaired) electrons. The minimum atomic E-state index is -3.63. The third-order valence-corrected chi connectivity index (χ3v) is 3.55. The molecule has 2 rings (SSSR count). The van der Waals surface area contributed by atoms with E-state index >= 15 is 0 Å². The molecular weight excluding hydrogens is 230 g/mol. The van der Waals surface area contributed by atoms with E-state index in [1.54, 1.807) is 12.1 Å². The Hall–Kier alpha value is -1.89. The van der Waals surface area contributed by atoms with Crippen LogP contribution >= 0.6 is 0 Å². The molecule has 0 N–H and O–H groups in total. The van der Waals surface area contributed by atoms with E-state index in [0.717, 1.165) is 10.4 Å². The predicted molar refractivity (Wildman–Crippen MR) is 55.6 cm³/mol. The first-order valence-corrected chi connectivity index (χ1v) is 5.83. The summed E-state index contributed by atoms with van der Waals surface area (Å²) in [7, 11) is -2.12. The maximum Gasteiger partial charge on any atom is 0.284 e. The second-order valence-corrected chi connectivity index (χ2v) is 4.74. The van der Waals surface area contributed by atoms with Crippen LogP contribution < -0.4 is 4.74 Å². The van der Waals surface area contributed by atoms with Gasteiger partial charge in [0, 0.05) is 0 Å². The van der Waals surface area contributed by atoms with Gasteiger partial charge in [0.1, 0.15) is 18.4 Å². The highest BCUT2D eigenvalue weighted by atomic mass is 32.2. The third kappa shape index (κ3) is 1.76. The molecule has 0 unspecified atom stereocenters. The van der Waals surface area contributed by atoms with Crippen molar-refractivity contribution in [3.8, 4) is 5.75 Å². The summed E-state index contributed by atoms with van der Waals surface area (Å²) in [5, 5.41) is 3.59. The quantitative estimate of drug-likeness (QED) is 0.780. The lowest BCUT2D eigenvalue weighted by Crippen LogP contribution is -2.13. The van der Waals surface area contributed by atoms with Crippen molar-refractivity contribution in [2.45, 2.75) is 4.90 Å². The van der Waals surface area contributed by atoms with Crippen molar-refractivity contribution in [3.05, 3.63) is 36.9 Å². The molecule has 16 heavy (non-hydrogen) atoms. The first kappa shape index (κ1) is 10.6. The lowest BCUT2D eigenvalue weighted by atomic mass is 10.3. The number of benzene rings is 1. The van der Waals surface area contributed by atoms with Crippen LogP contribution in [0.5, 0.6) is 5.75 Å². The van der Waals surface area contributed by atoms with Crippen molar-refractivity contribution in [2.24, 2.45) is 0 Å². The molecule has 0 saturated heterocycles. The second kappa shape index (κ2) is 3.93. The van der Waals surface area contributed by atoms with E-state index in [-0.39, 0.29) is 4.90 Å². The summed E-state index contributed by atoms with van der Waals surface area (Å²) in [6, 6.07) is 6.05. The molecular formula is C9H9N3O3S. The summed E-state index contributed by atoms with van der Waals surface area (Å²) in [5.74, 6) is 0.595. The molecule has 1 aromatic heterocycles. The summed E-state index contributed by atoms with van der Waals surface area (Å²) in [5.41, 5.74) is 0. The zero-order valence-corrected chi connectivity index (χ0v) is 9.26. The SMILES string of the molecule is COc1ccc(S(=O)(=O)n2cncn2)cc1. The van der Waals surface area contributed by atoms with Gasteiger partial charge in [-0.15, -0.1) is 9.19 Å². The average molecular weight is 239 g/mol. The first-order chi connectivity index (χ1) is 7.64. The number of hydrogen-bond acceptors (Lipinski definition) is 5. The summed E-state index contributed by atoms with van der Waals surface area (Å²) in [4.78, 5) is 3.73. The van der Waals surface area contributed by atoms with E-state index < -0.39 is 10.0 Å². The third-order valence-electron chi connectivity index (χ3n) is 2.00. The van der Waals surface area contributed by atoms with Crippen LogP contribution in [0.2, 0.25) is 0 Å². The maximum absolute atomic E-state index is 11.9. The predicted octanol–water partition coefficient (Wildman–Crippen LogP) is 0.524. The normalized spacial score (nSPS) is 11.3. The smallest absolute Gasteiger partial charge is 0.284 e. The second-order valence-electron chi connectivity index (χ2n) is 2.95. The standard InChI is InChI=1S/C9H9N3O3S/c1-15-8-2-4-9(5-3-8)16(13,14)12-7-10-6-11-12/h2-7H,1H3. The average Bonchev–Trinajstić information content (AvgIpc) is 2.83. The van der Waals surface area contributed by atoms with Crippen LogP contribution in [0.4, 0.5) is 0 Å². The molecule has 1 aromatic carbocycles. The molecule has 0 aliphatic heterocycles. The molecule has 0 aliphatic rings. The van der Waals surface area contributed by atoms with E-state index in [1.807, 2.05) is 0 Å². The molecule has 1 heterocycles. The first-order valence-electron chi connectivity index (χ1n) is 4.39. The molecule has 0 saturated carbocycles. The van der Waals surface area contributed by atoms with Crippen molar-refractivity contribution >= 4 is 10.0 Å². The molecule has 0 amide bonds. The number of ether oxygens (including phenoxy) is 1. The van der Waals surface area contributed by atoms with Gasteiger partial charge in [0.25, 0.3) is 10.0 Å². The Balaban J connectivity index is 2.44. The van der Waals surface area contributed by atoms with Gasteiger partial charge in [-0.2, -0.15) is 8.42 Å². The van der Waals surface area contributed by atoms with Crippen LogP contribution in [-0.2, 0) is 10.0 Å². The summed E-state index contributed by atoms with van der Waals surface area (Å²) < 4.78 is 29.6. The van der Waals surface area contributed by atoms with Crippen LogP contribution in [0.25, 0.3) is 0 Å². The minimum absolute atomic E-state index is 0.138. The minimum Gasteiger partial charge on any atom is -0.497 e. The highest BCUT2D eigenvalue weighted by Gasteiger charge is 2.16. The van der Waals surface area contributed by atoms with E-state index in [4.69, 9.17) is 4.74 Å². The van der Waals surface area contributed by atoms with E-state index in [9.17, 15) is 8.42 Å². The lowest BCUT2D eigenvalue weighted by molar-refractivity contribution is 0.414. The fraction of sp³-hybridized carbons (Fsp3) is 0.111.